The van der Waals surface area contributed by atoms with Gasteiger partial charge in [-0.1, -0.05) is 60.7 Å². The number of benzene rings is 4. The molecule has 1 aliphatic rings. The number of carbonyl (C=O) groups is 1. The molecule has 4 nitrogen and oxygen atoms in total. The Bertz CT molecular complexity index is 1290. The number of carbonyl (C=O) groups excluding carboxylic acids is 1. The highest BCUT2D eigenvalue weighted by Gasteiger charge is 2.44. The molecule has 6 heteroatoms. The number of rotatable bonds is 8. The van der Waals surface area contributed by atoms with Crippen LogP contribution in [0.1, 0.15) is 38.3 Å². The number of fused-ring (bicyclic) bond motifs is 1. The topological polar surface area (TPSA) is 38.8 Å². The average Bonchev–Trinajstić information content (AvgIpc) is 3.38. The molecule has 40 heavy (non-hydrogen) atoms. The van der Waals surface area contributed by atoms with Crippen molar-refractivity contribution < 1.29 is 31.2 Å². The minimum Gasteiger partial charge on any atom is -1.00 e. The molecule has 0 saturated heterocycles. The first-order valence-electron chi connectivity index (χ1n) is 13.6. The molecular weight excluding hydrogens is 581 g/mol. The van der Waals surface area contributed by atoms with Crippen LogP contribution < -0.4 is 37.6 Å². The first kappa shape index (κ1) is 29.8. The van der Waals surface area contributed by atoms with Crippen LogP contribution >= 0.6 is 7.26 Å². The van der Waals surface area contributed by atoms with E-state index in [1.807, 2.05) is 26.8 Å². The van der Waals surface area contributed by atoms with Crippen LogP contribution in [0.2, 0.25) is 0 Å². The highest BCUT2D eigenvalue weighted by atomic mass is 79.9. The SMILES string of the molecule is CC(C)(C)OC(=O)N1Cc2ccc(OCCC[P+](c3ccccc3)(c3ccccc3)c3ccccc3)cc2C1.[Br-]. The Morgan fingerprint density at radius 2 is 1.25 bits per heavy atom. The van der Waals surface area contributed by atoms with Crippen LogP contribution in [0.5, 0.6) is 5.75 Å². The maximum absolute atomic E-state index is 12.5. The van der Waals surface area contributed by atoms with Gasteiger partial charge in [-0.3, -0.25) is 4.90 Å². The lowest BCUT2D eigenvalue weighted by molar-refractivity contribution is -0.0000487. The molecule has 1 amide bonds. The summed E-state index contributed by atoms with van der Waals surface area (Å²) in [7, 11) is -1.86. The Hall–Kier alpha value is -3.14. The van der Waals surface area contributed by atoms with Gasteiger partial charge in [-0.15, -0.1) is 0 Å². The van der Waals surface area contributed by atoms with E-state index in [2.05, 4.69) is 103 Å². The van der Waals surface area contributed by atoms with Crippen molar-refractivity contribution in [2.24, 2.45) is 0 Å². The molecule has 0 atom stereocenters. The van der Waals surface area contributed by atoms with Crippen LogP contribution in [0.15, 0.2) is 109 Å². The molecule has 0 spiro atoms. The second-order valence-corrected chi connectivity index (χ2v) is 14.6. The predicted octanol–water partition coefficient (Wildman–Crippen LogP) is 3.70. The molecule has 0 unspecified atom stereocenters. The maximum atomic E-state index is 12.5. The highest BCUT2D eigenvalue weighted by Crippen LogP contribution is 2.55. The van der Waals surface area contributed by atoms with Gasteiger partial charge < -0.3 is 26.5 Å². The van der Waals surface area contributed by atoms with Crippen LogP contribution in [0.25, 0.3) is 0 Å². The Morgan fingerprint density at radius 3 is 1.75 bits per heavy atom. The summed E-state index contributed by atoms with van der Waals surface area (Å²) in [6.45, 7) is 7.43. The Labute approximate surface area is 249 Å². The van der Waals surface area contributed by atoms with Crippen LogP contribution in [-0.2, 0) is 17.8 Å². The van der Waals surface area contributed by atoms with Gasteiger partial charge in [0.25, 0.3) is 0 Å². The molecule has 0 N–H and O–H groups in total. The van der Waals surface area contributed by atoms with E-state index in [0.717, 1.165) is 29.5 Å². The lowest BCUT2D eigenvalue weighted by atomic mass is 10.1. The van der Waals surface area contributed by atoms with Crippen molar-refractivity contribution in [1.29, 1.82) is 0 Å². The van der Waals surface area contributed by atoms with Gasteiger partial charge in [0.15, 0.2) is 0 Å². The number of hydrogen-bond donors (Lipinski definition) is 0. The minimum atomic E-state index is -1.86. The molecule has 1 aliphatic heterocycles. The molecule has 0 aromatic heterocycles. The molecule has 0 fully saturated rings. The first-order valence-corrected chi connectivity index (χ1v) is 15.6. The fraction of sp³-hybridized carbons (Fsp3) is 0.265. The van der Waals surface area contributed by atoms with Crippen molar-refractivity contribution in [3.05, 3.63) is 120 Å². The fourth-order valence-electron chi connectivity index (χ4n) is 5.29. The smallest absolute Gasteiger partial charge is 0.410 e. The highest BCUT2D eigenvalue weighted by molar-refractivity contribution is 7.95. The largest absolute Gasteiger partial charge is 1.00 e. The Balaban J connectivity index is 0.00000370. The minimum absolute atomic E-state index is 0. The van der Waals surface area contributed by atoms with Crippen molar-refractivity contribution >= 4 is 29.3 Å². The lowest BCUT2D eigenvalue weighted by Gasteiger charge is -2.27. The van der Waals surface area contributed by atoms with E-state index < -0.39 is 12.9 Å². The predicted molar refractivity (Wildman–Crippen MR) is 162 cm³/mol. The monoisotopic (exact) mass is 617 g/mol. The van der Waals surface area contributed by atoms with Gasteiger partial charge in [0.1, 0.15) is 34.5 Å². The van der Waals surface area contributed by atoms with E-state index in [4.69, 9.17) is 9.47 Å². The zero-order valence-corrected chi connectivity index (χ0v) is 25.9. The van der Waals surface area contributed by atoms with Gasteiger partial charge in [-0.25, -0.2) is 4.79 Å². The van der Waals surface area contributed by atoms with Crippen LogP contribution in [0.3, 0.4) is 0 Å². The van der Waals surface area contributed by atoms with Gasteiger partial charge in [0.2, 0.25) is 0 Å². The number of hydrogen-bond acceptors (Lipinski definition) is 3. The van der Waals surface area contributed by atoms with Gasteiger partial charge in [-0.2, -0.15) is 0 Å². The third-order valence-corrected chi connectivity index (χ3v) is 11.6. The quantitative estimate of drug-likeness (QED) is 0.224. The number of nitrogens with zero attached hydrogens (tertiary/aromatic N) is 1. The van der Waals surface area contributed by atoms with Crippen LogP contribution in [-0.4, -0.2) is 29.4 Å². The Morgan fingerprint density at radius 1 is 0.750 bits per heavy atom. The second kappa shape index (κ2) is 13.0. The molecule has 1 heterocycles. The third-order valence-electron chi connectivity index (χ3n) is 7.05. The van der Waals surface area contributed by atoms with E-state index in [-0.39, 0.29) is 23.1 Å². The van der Waals surface area contributed by atoms with E-state index in [1.54, 1.807) is 4.90 Å². The second-order valence-electron chi connectivity index (χ2n) is 11.0. The van der Waals surface area contributed by atoms with Crippen molar-refractivity contribution in [3.63, 3.8) is 0 Å². The number of halogens is 1. The molecule has 0 bridgehead atoms. The molecule has 0 aliphatic carbocycles. The average molecular weight is 619 g/mol. The lowest BCUT2D eigenvalue weighted by Crippen LogP contribution is -3.00. The number of amides is 1. The summed E-state index contributed by atoms with van der Waals surface area (Å²) in [5, 5.41) is 4.17. The van der Waals surface area contributed by atoms with E-state index in [1.165, 1.54) is 15.9 Å². The van der Waals surface area contributed by atoms with E-state index in [0.29, 0.717) is 19.7 Å². The molecular formula is C34H37BrNO3P. The zero-order valence-electron chi connectivity index (χ0n) is 23.4. The summed E-state index contributed by atoms with van der Waals surface area (Å²) in [4.78, 5) is 14.3. The molecule has 0 saturated carbocycles. The van der Waals surface area contributed by atoms with E-state index in [9.17, 15) is 4.79 Å². The molecule has 4 aromatic rings. The van der Waals surface area contributed by atoms with Crippen LogP contribution in [0.4, 0.5) is 4.79 Å². The van der Waals surface area contributed by atoms with Crippen molar-refractivity contribution in [2.75, 3.05) is 12.8 Å². The van der Waals surface area contributed by atoms with Crippen molar-refractivity contribution in [2.45, 2.75) is 45.9 Å². The number of ether oxygens (including phenoxy) is 2. The molecule has 0 radical (unpaired) electrons. The van der Waals surface area contributed by atoms with E-state index >= 15 is 0 Å². The zero-order chi connectivity index (χ0) is 27.3. The Kier molecular flexibility index (Phi) is 9.71. The summed E-state index contributed by atoms with van der Waals surface area (Å²) in [5.41, 5.74) is 1.77. The molecule has 5 rings (SSSR count). The summed E-state index contributed by atoms with van der Waals surface area (Å²) in [5.74, 6) is 0.850. The van der Waals surface area contributed by atoms with Crippen molar-refractivity contribution in [1.82, 2.24) is 4.90 Å². The first-order chi connectivity index (χ1) is 18.8. The summed E-state index contributed by atoms with van der Waals surface area (Å²) >= 11 is 0. The van der Waals surface area contributed by atoms with Gasteiger partial charge in [0, 0.05) is 19.5 Å². The van der Waals surface area contributed by atoms with Gasteiger partial charge >= 0.3 is 6.09 Å². The molecule has 4 aromatic carbocycles. The maximum Gasteiger partial charge on any atom is 0.410 e. The normalized spacial score (nSPS) is 12.8. The third kappa shape index (κ3) is 6.77. The van der Waals surface area contributed by atoms with Gasteiger partial charge in [0.05, 0.1) is 12.8 Å². The fourth-order valence-corrected chi connectivity index (χ4v) is 9.61. The van der Waals surface area contributed by atoms with Crippen molar-refractivity contribution in [3.8, 4) is 5.75 Å². The van der Waals surface area contributed by atoms with Gasteiger partial charge in [-0.05, 0) is 80.4 Å². The van der Waals surface area contributed by atoms with Crippen LogP contribution in [0, 0.1) is 0 Å². The summed E-state index contributed by atoms with van der Waals surface area (Å²) < 4.78 is 11.9. The summed E-state index contributed by atoms with van der Waals surface area (Å²) in [6.07, 6.45) is 1.67. The molecule has 208 valence electrons. The standard InChI is InChI=1S/C34H37NO3P.BrH/c1-34(2,3)38-33(36)35-25-27-20-21-29(24-28(27)26-35)37-22-13-23-39(30-14-7-4-8-15-30,31-16-9-5-10-17-31)32-18-11-6-12-19-32;/h4-12,14-21,24H,13,22-23,25-26H2,1-3H3;1H/q+1;/p-1. The summed E-state index contributed by atoms with van der Waals surface area (Å²) in [6, 6.07) is 39.0.